The van der Waals surface area contributed by atoms with Gasteiger partial charge in [0.15, 0.2) is 5.65 Å². The number of hydrogen-bond acceptors (Lipinski definition) is 5. The second-order valence-electron chi connectivity index (χ2n) is 3.92. The molecule has 7 heteroatoms. The molecule has 0 unspecified atom stereocenters. The van der Waals surface area contributed by atoms with Gasteiger partial charge in [0.2, 0.25) is 0 Å². The Morgan fingerprint density at radius 3 is 2.95 bits per heavy atom. The van der Waals surface area contributed by atoms with Gasteiger partial charge in [-0.25, -0.2) is 9.78 Å². The first-order valence-electron chi connectivity index (χ1n) is 5.50. The largest absolute Gasteiger partial charge is 0.508 e. The third-order valence-corrected chi connectivity index (χ3v) is 2.71. The lowest BCUT2D eigenvalue weighted by molar-refractivity contribution is 0.409. The smallest absolute Gasteiger partial charge is 0.346 e. The molecule has 0 aliphatic rings. The Morgan fingerprint density at radius 1 is 1.32 bits per heavy atom. The number of H-pyrrole nitrogens is 2. The highest BCUT2D eigenvalue weighted by Crippen LogP contribution is 2.31. The number of ether oxygens (including phenoxy) is 1. The Bertz CT molecular complexity index is 806. The summed E-state index contributed by atoms with van der Waals surface area (Å²) in [5.74, 6) is 1.11. The highest BCUT2D eigenvalue weighted by molar-refractivity contribution is 5.77. The summed E-state index contributed by atoms with van der Waals surface area (Å²) in [6, 6.07) is 4.70. The molecule has 2 aromatic heterocycles. The average Bonchev–Trinajstić information content (AvgIpc) is 2.81. The molecule has 0 amide bonds. The summed E-state index contributed by atoms with van der Waals surface area (Å²) in [4.78, 5) is 24.6. The lowest BCUT2D eigenvalue weighted by Crippen LogP contribution is -2.08. The Kier molecular flexibility index (Phi) is 2.45. The maximum atomic E-state index is 11.1. The third kappa shape index (κ3) is 1.90. The van der Waals surface area contributed by atoms with Crippen LogP contribution in [0, 0.1) is 0 Å². The molecule has 3 aromatic rings. The number of hydrogen-bond donors (Lipinski definition) is 3. The van der Waals surface area contributed by atoms with Crippen molar-refractivity contribution in [3.05, 3.63) is 34.9 Å². The van der Waals surface area contributed by atoms with E-state index in [1.54, 1.807) is 6.07 Å². The van der Waals surface area contributed by atoms with Crippen molar-refractivity contribution in [3.8, 4) is 22.9 Å². The maximum Gasteiger partial charge on any atom is 0.346 e. The molecule has 0 radical (unpaired) electrons. The predicted octanol–water partition coefficient (Wildman–Crippen LogP) is 1.03. The van der Waals surface area contributed by atoms with Crippen LogP contribution in [0.2, 0.25) is 0 Å². The number of benzene rings is 1. The van der Waals surface area contributed by atoms with Gasteiger partial charge < -0.3 is 14.8 Å². The summed E-state index contributed by atoms with van der Waals surface area (Å²) in [5, 5.41) is 9.42. The zero-order chi connectivity index (χ0) is 13.4. The zero-order valence-corrected chi connectivity index (χ0v) is 9.97. The highest BCUT2D eigenvalue weighted by Gasteiger charge is 2.11. The maximum absolute atomic E-state index is 11.1. The van der Waals surface area contributed by atoms with Gasteiger partial charge in [-0.2, -0.15) is 4.98 Å². The molecule has 3 rings (SSSR count). The minimum atomic E-state index is -0.455. The number of aromatic amines is 2. The second-order valence-corrected chi connectivity index (χ2v) is 3.92. The van der Waals surface area contributed by atoms with Crippen LogP contribution in [0.15, 0.2) is 29.2 Å². The molecule has 2 heterocycles. The number of rotatable bonds is 2. The van der Waals surface area contributed by atoms with E-state index in [2.05, 4.69) is 19.9 Å². The number of phenolic OH excluding ortho intramolecular Hbond substituents is 1. The summed E-state index contributed by atoms with van der Waals surface area (Å²) >= 11 is 0. The Hall–Kier alpha value is -2.83. The van der Waals surface area contributed by atoms with Crippen molar-refractivity contribution < 1.29 is 9.84 Å². The van der Waals surface area contributed by atoms with Crippen LogP contribution < -0.4 is 10.4 Å². The van der Waals surface area contributed by atoms with E-state index >= 15 is 0 Å². The molecule has 0 spiro atoms. The summed E-state index contributed by atoms with van der Waals surface area (Å²) < 4.78 is 5.19. The lowest BCUT2D eigenvalue weighted by Gasteiger charge is -2.05. The fourth-order valence-electron chi connectivity index (χ4n) is 1.84. The number of fused-ring (bicyclic) bond motifs is 1. The number of phenols is 1. The monoisotopic (exact) mass is 258 g/mol. The van der Waals surface area contributed by atoms with Crippen LogP contribution >= 0.6 is 0 Å². The van der Waals surface area contributed by atoms with E-state index in [4.69, 9.17) is 4.74 Å². The van der Waals surface area contributed by atoms with Gasteiger partial charge in [0.25, 0.3) is 0 Å². The van der Waals surface area contributed by atoms with Crippen LogP contribution in [-0.4, -0.2) is 32.2 Å². The van der Waals surface area contributed by atoms with E-state index in [1.165, 1.54) is 25.4 Å². The van der Waals surface area contributed by atoms with Gasteiger partial charge in [-0.1, -0.05) is 0 Å². The molecular formula is C12H10N4O3. The minimum absolute atomic E-state index is 0.104. The molecule has 0 saturated heterocycles. The van der Waals surface area contributed by atoms with Crippen molar-refractivity contribution in [1.82, 2.24) is 19.9 Å². The Balaban J connectivity index is 2.21. The molecule has 96 valence electrons. The van der Waals surface area contributed by atoms with Crippen LogP contribution in [-0.2, 0) is 0 Å². The number of nitrogens with zero attached hydrogens (tertiary/aromatic N) is 2. The molecule has 0 saturated carbocycles. The summed E-state index contributed by atoms with van der Waals surface area (Å²) in [5.41, 5.74) is 1.26. The lowest BCUT2D eigenvalue weighted by atomic mass is 10.2. The number of aromatic hydroxyl groups is 1. The van der Waals surface area contributed by atoms with Crippen LogP contribution in [0.5, 0.6) is 11.5 Å². The quantitative estimate of drug-likeness (QED) is 0.636. The zero-order valence-electron chi connectivity index (χ0n) is 9.97. The van der Waals surface area contributed by atoms with Crippen molar-refractivity contribution in [3.63, 3.8) is 0 Å². The molecule has 0 atom stereocenters. The predicted molar refractivity (Wildman–Crippen MR) is 68.2 cm³/mol. The van der Waals surface area contributed by atoms with E-state index in [9.17, 15) is 9.90 Å². The third-order valence-electron chi connectivity index (χ3n) is 2.71. The van der Waals surface area contributed by atoms with Gasteiger partial charge in [-0.3, -0.25) is 4.98 Å². The van der Waals surface area contributed by atoms with E-state index in [0.717, 1.165) is 0 Å². The summed E-state index contributed by atoms with van der Waals surface area (Å²) in [6.45, 7) is 0. The van der Waals surface area contributed by atoms with E-state index < -0.39 is 5.69 Å². The van der Waals surface area contributed by atoms with Crippen LogP contribution in [0.25, 0.3) is 22.6 Å². The number of methoxy groups -OCH3 is 1. The van der Waals surface area contributed by atoms with Crippen molar-refractivity contribution >= 4 is 11.2 Å². The van der Waals surface area contributed by atoms with Crippen molar-refractivity contribution in [1.29, 1.82) is 0 Å². The van der Waals surface area contributed by atoms with E-state index in [0.29, 0.717) is 28.3 Å². The molecule has 0 bridgehead atoms. The Morgan fingerprint density at radius 2 is 2.16 bits per heavy atom. The van der Waals surface area contributed by atoms with E-state index in [1.807, 2.05) is 0 Å². The molecule has 0 aliphatic heterocycles. The standard InChI is InChI=1S/C12H10N4O3/c1-19-9-4-6(17)2-3-7(9)10-14-8-5-13-12(18)16-11(8)15-10/h2-5,17H,1H3,(H2,13,14,15,16,18). The average molecular weight is 258 g/mol. The molecule has 3 N–H and O–H groups in total. The van der Waals surface area contributed by atoms with Gasteiger partial charge in [-0.05, 0) is 12.1 Å². The summed E-state index contributed by atoms with van der Waals surface area (Å²) in [7, 11) is 1.50. The number of aromatic nitrogens is 4. The van der Waals surface area contributed by atoms with Crippen LogP contribution in [0.4, 0.5) is 0 Å². The topological polar surface area (TPSA) is 104 Å². The van der Waals surface area contributed by atoms with E-state index in [-0.39, 0.29) is 5.75 Å². The molecule has 0 aliphatic carbocycles. The normalized spacial score (nSPS) is 10.8. The van der Waals surface area contributed by atoms with Crippen molar-refractivity contribution in [2.45, 2.75) is 0 Å². The van der Waals surface area contributed by atoms with Gasteiger partial charge in [0.1, 0.15) is 22.8 Å². The van der Waals surface area contributed by atoms with Crippen molar-refractivity contribution in [2.24, 2.45) is 0 Å². The molecule has 19 heavy (non-hydrogen) atoms. The highest BCUT2D eigenvalue weighted by atomic mass is 16.5. The fraction of sp³-hybridized carbons (Fsp3) is 0.0833. The minimum Gasteiger partial charge on any atom is -0.508 e. The second kappa shape index (κ2) is 4.13. The molecular weight excluding hydrogens is 248 g/mol. The van der Waals surface area contributed by atoms with Crippen LogP contribution in [0.1, 0.15) is 0 Å². The first-order chi connectivity index (χ1) is 9.17. The first kappa shape index (κ1) is 11.3. The van der Waals surface area contributed by atoms with Gasteiger partial charge in [-0.15, -0.1) is 0 Å². The van der Waals surface area contributed by atoms with Gasteiger partial charge in [0, 0.05) is 6.07 Å². The van der Waals surface area contributed by atoms with Gasteiger partial charge in [0.05, 0.1) is 18.9 Å². The molecule has 0 fully saturated rings. The van der Waals surface area contributed by atoms with Crippen LogP contribution in [0.3, 0.4) is 0 Å². The summed E-state index contributed by atoms with van der Waals surface area (Å²) in [6.07, 6.45) is 1.41. The van der Waals surface area contributed by atoms with Gasteiger partial charge >= 0.3 is 5.69 Å². The fourth-order valence-corrected chi connectivity index (χ4v) is 1.84. The molecule has 7 nitrogen and oxygen atoms in total. The SMILES string of the molecule is COc1cc(O)ccc1-c1nc2[nH]c(=O)ncc2[nH]1. The number of nitrogens with one attached hydrogen (secondary N) is 2. The first-order valence-corrected chi connectivity index (χ1v) is 5.50. The Labute approximate surface area is 106 Å². The molecule has 1 aromatic carbocycles. The number of imidazole rings is 1. The van der Waals surface area contributed by atoms with Crippen molar-refractivity contribution in [2.75, 3.05) is 7.11 Å².